The van der Waals surface area contributed by atoms with Crippen LogP contribution in [0.5, 0.6) is 0 Å². The van der Waals surface area contributed by atoms with E-state index in [-0.39, 0.29) is 12.4 Å². The van der Waals surface area contributed by atoms with E-state index in [1.165, 1.54) is 12.1 Å². The highest BCUT2D eigenvalue weighted by Gasteiger charge is 2.16. The van der Waals surface area contributed by atoms with Gasteiger partial charge in [-0.3, -0.25) is 9.89 Å². The number of hydrogen-bond donors (Lipinski definition) is 2. The van der Waals surface area contributed by atoms with Gasteiger partial charge < -0.3 is 10.5 Å². The second-order valence-electron chi connectivity index (χ2n) is 5.81. The zero-order valence-electron chi connectivity index (χ0n) is 13.8. The second kappa shape index (κ2) is 8.12. The quantitative estimate of drug-likeness (QED) is 0.617. The zero-order valence-corrected chi connectivity index (χ0v) is 14.5. The Balaban J connectivity index is 1.84. The molecule has 0 aliphatic rings. The first kappa shape index (κ1) is 18.1. The van der Waals surface area contributed by atoms with Gasteiger partial charge in [0.05, 0.1) is 11.4 Å². The number of nitrogens with two attached hydrogens (primary N) is 1. The molecule has 1 atom stereocenters. The van der Waals surface area contributed by atoms with Gasteiger partial charge in [0.25, 0.3) is 6.47 Å². The van der Waals surface area contributed by atoms with Crippen molar-refractivity contribution in [2.24, 2.45) is 5.73 Å². The molecule has 26 heavy (non-hydrogen) atoms. The first-order valence-corrected chi connectivity index (χ1v) is 8.35. The fourth-order valence-electron chi connectivity index (χ4n) is 2.75. The van der Waals surface area contributed by atoms with Crippen molar-refractivity contribution >= 4 is 18.1 Å². The molecule has 0 saturated carbocycles. The highest BCUT2D eigenvalue weighted by Crippen LogP contribution is 2.26. The zero-order chi connectivity index (χ0) is 18.5. The van der Waals surface area contributed by atoms with E-state index in [0.717, 1.165) is 5.56 Å². The van der Waals surface area contributed by atoms with Crippen LogP contribution in [0.2, 0.25) is 5.02 Å². The van der Waals surface area contributed by atoms with Crippen LogP contribution in [-0.2, 0) is 22.5 Å². The van der Waals surface area contributed by atoms with Crippen molar-refractivity contribution in [3.8, 4) is 11.3 Å². The lowest BCUT2D eigenvalue weighted by Crippen LogP contribution is -2.07. The number of benzene rings is 2. The molecule has 3 rings (SSSR count). The van der Waals surface area contributed by atoms with Gasteiger partial charge in [-0.15, -0.1) is 0 Å². The molecular formula is C19H17ClFN3O2. The molecule has 3 N–H and O–H groups in total. The van der Waals surface area contributed by atoms with Crippen LogP contribution < -0.4 is 5.73 Å². The molecule has 3 aromatic rings. The molecule has 1 aromatic heterocycles. The Morgan fingerprint density at radius 3 is 2.85 bits per heavy atom. The number of aromatic nitrogens is 2. The van der Waals surface area contributed by atoms with Gasteiger partial charge in [-0.25, -0.2) is 4.39 Å². The SMILES string of the molecule is NCc1cc(F)cc(-c2cc(CC(OC=O)c3cccc(Cl)c3)n[nH]2)c1. The molecule has 0 fully saturated rings. The van der Waals surface area contributed by atoms with Crippen molar-refractivity contribution in [3.05, 3.63) is 76.2 Å². The lowest BCUT2D eigenvalue weighted by molar-refractivity contribution is -0.133. The van der Waals surface area contributed by atoms with Gasteiger partial charge in [0.15, 0.2) is 0 Å². The standard InChI is InChI=1S/C19H17ClFN3O2/c20-15-3-1-2-13(6-15)19(26-11-25)9-17-8-18(24-23-17)14-4-12(10-22)5-16(21)7-14/h1-8,11,19H,9-10,22H2,(H,23,24). The molecule has 0 amide bonds. The monoisotopic (exact) mass is 373 g/mol. The maximum Gasteiger partial charge on any atom is 0.293 e. The van der Waals surface area contributed by atoms with Gasteiger partial charge in [0.2, 0.25) is 0 Å². The Labute approximate surface area is 154 Å². The topological polar surface area (TPSA) is 81.0 Å². The van der Waals surface area contributed by atoms with Crippen molar-refractivity contribution in [2.45, 2.75) is 19.1 Å². The molecule has 1 heterocycles. The fraction of sp³-hybridized carbons (Fsp3) is 0.158. The summed E-state index contributed by atoms with van der Waals surface area (Å²) >= 11 is 6.01. The molecule has 0 spiro atoms. The summed E-state index contributed by atoms with van der Waals surface area (Å²) in [4.78, 5) is 10.9. The molecular weight excluding hydrogens is 357 g/mol. The molecule has 0 aliphatic carbocycles. The van der Waals surface area contributed by atoms with E-state index in [1.54, 1.807) is 30.3 Å². The number of H-pyrrole nitrogens is 1. The van der Waals surface area contributed by atoms with Crippen molar-refractivity contribution in [3.63, 3.8) is 0 Å². The summed E-state index contributed by atoms with van der Waals surface area (Å²) in [5.74, 6) is -0.361. The van der Waals surface area contributed by atoms with Gasteiger partial charge >= 0.3 is 0 Å². The minimum absolute atomic E-state index is 0.246. The summed E-state index contributed by atoms with van der Waals surface area (Å²) in [6.45, 7) is 0.648. The van der Waals surface area contributed by atoms with Crippen molar-refractivity contribution < 1.29 is 13.9 Å². The third kappa shape index (κ3) is 4.28. The van der Waals surface area contributed by atoms with E-state index in [4.69, 9.17) is 22.1 Å². The highest BCUT2D eigenvalue weighted by molar-refractivity contribution is 6.30. The molecule has 1 unspecified atom stereocenters. The van der Waals surface area contributed by atoms with E-state index in [9.17, 15) is 9.18 Å². The van der Waals surface area contributed by atoms with Crippen molar-refractivity contribution in [1.82, 2.24) is 10.2 Å². The predicted octanol–water partition coefficient (Wildman–Crippen LogP) is 3.78. The van der Waals surface area contributed by atoms with Gasteiger partial charge in [-0.05, 0) is 47.5 Å². The van der Waals surface area contributed by atoms with Crippen LogP contribution in [0, 0.1) is 5.82 Å². The lowest BCUT2D eigenvalue weighted by Gasteiger charge is -2.14. The summed E-state index contributed by atoms with van der Waals surface area (Å²) in [5, 5.41) is 7.68. The van der Waals surface area contributed by atoms with Crippen LogP contribution in [-0.4, -0.2) is 16.7 Å². The Kier molecular flexibility index (Phi) is 5.65. The number of ether oxygens (including phenoxy) is 1. The lowest BCUT2D eigenvalue weighted by atomic mass is 10.0. The van der Waals surface area contributed by atoms with Gasteiger partial charge in [-0.1, -0.05) is 23.7 Å². The molecule has 2 aromatic carbocycles. The number of rotatable bonds is 7. The van der Waals surface area contributed by atoms with E-state index >= 15 is 0 Å². The van der Waals surface area contributed by atoms with E-state index in [0.29, 0.717) is 40.4 Å². The maximum absolute atomic E-state index is 13.7. The van der Waals surface area contributed by atoms with Gasteiger partial charge in [0, 0.05) is 23.6 Å². The molecule has 0 saturated heterocycles. The summed E-state index contributed by atoms with van der Waals surface area (Å²) in [7, 11) is 0. The van der Waals surface area contributed by atoms with Gasteiger partial charge in [-0.2, -0.15) is 5.10 Å². The van der Waals surface area contributed by atoms with E-state index < -0.39 is 6.10 Å². The number of nitrogens with zero attached hydrogens (tertiary/aromatic N) is 1. The Hall–Kier alpha value is -2.70. The normalized spacial score (nSPS) is 12.0. The Morgan fingerprint density at radius 1 is 1.27 bits per heavy atom. The number of hydrogen-bond acceptors (Lipinski definition) is 4. The maximum atomic E-state index is 13.7. The molecule has 5 nitrogen and oxygen atoms in total. The van der Waals surface area contributed by atoms with Crippen LogP contribution in [0.3, 0.4) is 0 Å². The summed E-state index contributed by atoms with van der Waals surface area (Å²) in [6.07, 6.45) is -0.163. The summed E-state index contributed by atoms with van der Waals surface area (Å²) in [5.41, 5.74) is 9.04. The average molecular weight is 374 g/mol. The number of carbonyl (C=O) groups is 1. The number of halogens is 2. The summed E-state index contributed by atoms with van der Waals surface area (Å²) in [6, 6.07) is 13.5. The fourth-order valence-corrected chi connectivity index (χ4v) is 2.95. The van der Waals surface area contributed by atoms with Crippen molar-refractivity contribution in [2.75, 3.05) is 0 Å². The Morgan fingerprint density at radius 2 is 2.12 bits per heavy atom. The second-order valence-corrected chi connectivity index (χ2v) is 6.24. The van der Waals surface area contributed by atoms with E-state index in [1.807, 2.05) is 6.07 Å². The number of carbonyl (C=O) groups excluding carboxylic acids is 1. The third-order valence-electron chi connectivity index (χ3n) is 3.97. The first-order chi connectivity index (χ1) is 12.6. The molecule has 0 aliphatic heterocycles. The van der Waals surface area contributed by atoms with Crippen LogP contribution in [0.25, 0.3) is 11.3 Å². The largest absolute Gasteiger partial charge is 0.459 e. The summed E-state index contributed by atoms with van der Waals surface area (Å²) < 4.78 is 18.9. The van der Waals surface area contributed by atoms with Crippen LogP contribution in [0.4, 0.5) is 4.39 Å². The number of nitrogens with one attached hydrogen (secondary N) is 1. The number of aromatic amines is 1. The van der Waals surface area contributed by atoms with E-state index in [2.05, 4.69) is 10.2 Å². The average Bonchev–Trinajstić information content (AvgIpc) is 3.09. The highest BCUT2D eigenvalue weighted by atomic mass is 35.5. The van der Waals surface area contributed by atoms with Crippen LogP contribution >= 0.6 is 11.6 Å². The molecule has 0 radical (unpaired) electrons. The van der Waals surface area contributed by atoms with Crippen LogP contribution in [0.15, 0.2) is 48.5 Å². The minimum Gasteiger partial charge on any atom is -0.459 e. The smallest absolute Gasteiger partial charge is 0.293 e. The first-order valence-electron chi connectivity index (χ1n) is 7.98. The van der Waals surface area contributed by atoms with Gasteiger partial charge in [0.1, 0.15) is 11.9 Å². The minimum atomic E-state index is -0.519. The third-order valence-corrected chi connectivity index (χ3v) is 4.21. The molecule has 134 valence electrons. The molecule has 7 heteroatoms. The van der Waals surface area contributed by atoms with Crippen molar-refractivity contribution in [1.29, 1.82) is 0 Å². The predicted molar refractivity (Wildman–Crippen MR) is 96.9 cm³/mol. The Bertz CT molecular complexity index is 913. The molecule has 0 bridgehead atoms. The van der Waals surface area contributed by atoms with Crippen LogP contribution in [0.1, 0.15) is 22.9 Å².